The van der Waals surface area contributed by atoms with Crippen LogP contribution in [0.2, 0.25) is 0 Å². The lowest BCUT2D eigenvalue weighted by Crippen LogP contribution is -2.41. The van der Waals surface area contributed by atoms with Crippen LogP contribution in [0, 0.1) is 0 Å². The average Bonchev–Trinajstić information content (AvgIpc) is 2.64. The zero-order valence-corrected chi connectivity index (χ0v) is 15.2. The lowest BCUT2D eigenvalue weighted by molar-refractivity contribution is 0.0847. The van der Waals surface area contributed by atoms with Gasteiger partial charge in [0.1, 0.15) is 0 Å². The number of fused-ring (bicyclic) bond motifs is 1. The quantitative estimate of drug-likeness (QED) is 0.683. The lowest BCUT2D eigenvalue weighted by atomic mass is 9.87. The molecule has 0 aliphatic heterocycles. The zero-order valence-electron chi connectivity index (χ0n) is 15.2. The van der Waals surface area contributed by atoms with Gasteiger partial charge in [-0.2, -0.15) is 0 Å². The molecule has 4 heteroatoms. The van der Waals surface area contributed by atoms with Crippen LogP contribution in [-0.2, 0) is 5.41 Å². The molecule has 132 valence electrons. The minimum Gasteiger partial charge on any atom is -0.267 e. The molecule has 3 aromatic rings. The van der Waals surface area contributed by atoms with Crippen LogP contribution in [0.15, 0.2) is 66.7 Å². The number of hydrogen-bond donors (Lipinski definition) is 2. The summed E-state index contributed by atoms with van der Waals surface area (Å²) in [7, 11) is 0. The Balaban J connectivity index is 1.70. The van der Waals surface area contributed by atoms with Gasteiger partial charge in [-0.1, -0.05) is 69.3 Å². The van der Waals surface area contributed by atoms with Crippen LogP contribution in [0.4, 0.5) is 0 Å². The Labute approximate surface area is 153 Å². The predicted molar refractivity (Wildman–Crippen MR) is 104 cm³/mol. The Morgan fingerprint density at radius 1 is 0.731 bits per heavy atom. The number of carbonyl (C=O) groups excluding carboxylic acids is 2. The summed E-state index contributed by atoms with van der Waals surface area (Å²) >= 11 is 0. The van der Waals surface area contributed by atoms with Crippen LogP contribution < -0.4 is 10.9 Å². The van der Waals surface area contributed by atoms with Crippen molar-refractivity contribution in [1.29, 1.82) is 0 Å². The maximum absolute atomic E-state index is 12.5. The van der Waals surface area contributed by atoms with E-state index >= 15 is 0 Å². The molecule has 2 N–H and O–H groups in total. The molecule has 0 radical (unpaired) electrons. The molecule has 26 heavy (non-hydrogen) atoms. The first-order chi connectivity index (χ1) is 12.4. The summed E-state index contributed by atoms with van der Waals surface area (Å²) in [4.78, 5) is 24.7. The Hall–Kier alpha value is -3.14. The number of rotatable bonds is 2. The van der Waals surface area contributed by atoms with Crippen molar-refractivity contribution in [2.75, 3.05) is 0 Å². The second kappa shape index (κ2) is 7.00. The fourth-order valence-electron chi connectivity index (χ4n) is 2.80. The second-order valence-corrected chi connectivity index (χ2v) is 7.26. The molecule has 3 aromatic carbocycles. The number of nitrogens with one attached hydrogen (secondary N) is 2. The van der Waals surface area contributed by atoms with Gasteiger partial charge in [-0.25, -0.2) is 0 Å². The summed E-state index contributed by atoms with van der Waals surface area (Å²) < 4.78 is 0. The number of carbonyl (C=O) groups is 2. The molecule has 0 spiro atoms. The van der Waals surface area contributed by atoms with Crippen molar-refractivity contribution in [3.05, 3.63) is 83.4 Å². The predicted octanol–water partition coefficient (Wildman–Crippen LogP) is 4.21. The molecule has 0 fully saturated rings. The first kappa shape index (κ1) is 17.7. The molecule has 3 rings (SSSR count). The SMILES string of the molecule is CC(C)(C)c1ccc(C(=O)NNC(=O)c2cccc3ccccc23)cc1. The van der Waals surface area contributed by atoms with Crippen LogP contribution in [-0.4, -0.2) is 11.8 Å². The smallest absolute Gasteiger partial charge is 0.267 e. The van der Waals surface area contributed by atoms with Crippen molar-refractivity contribution in [1.82, 2.24) is 10.9 Å². The van der Waals surface area contributed by atoms with Crippen molar-refractivity contribution in [2.45, 2.75) is 26.2 Å². The van der Waals surface area contributed by atoms with E-state index < -0.39 is 0 Å². The Bertz CT molecular complexity index is 949. The van der Waals surface area contributed by atoms with Crippen LogP contribution in [0.5, 0.6) is 0 Å². The monoisotopic (exact) mass is 346 g/mol. The molecular formula is C22H22N2O2. The first-order valence-corrected chi connectivity index (χ1v) is 8.55. The van der Waals surface area contributed by atoms with Gasteiger partial charge in [0.2, 0.25) is 0 Å². The molecule has 0 heterocycles. The maximum Gasteiger partial charge on any atom is 0.270 e. The minimum absolute atomic E-state index is 0.0254. The third kappa shape index (κ3) is 3.75. The molecular weight excluding hydrogens is 324 g/mol. The highest BCUT2D eigenvalue weighted by Crippen LogP contribution is 2.22. The van der Waals surface area contributed by atoms with Crippen LogP contribution >= 0.6 is 0 Å². The lowest BCUT2D eigenvalue weighted by Gasteiger charge is -2.19. The van der Waals surface area contributed by atoms with Crippen LogP contribution in [0.1, 0.15) is 47.1 Å². The van der Waals surface area contributed by atoms with Crippen molar-refractivity contribution in [2.24, 2.45) is 0 Å². The standard InChI is InChI=1S/C22H22N2O2/c1-22(2,3)17-13-11-16(12-14-17)20(25)23-24-21(26)19-10-6-8-15-7-4-5-9-18(15)19/h4-14H,1-3H3,(H,23,25)(H,24,26). The molecule has 0 saturated carbocycles. The minimum atomic E-state index is -0.348. The number of benzene rings is 3. The zero-order chi connectivity index (χ0) is 18.7. The molecule has 0 bridgehead atoms. The summed E-state index contributed by atoms with van der Waals surface area (Å²) in [5.74, 6) is -0.694. The normalized spacial score (nSPS) is 11.2. The van der Waals surface area contributed by atoms with Gasteiger partial charge in [-0.3, -0.25) is 20.4 Å². The highest BCUT2D eigenvalue weighted by Gasteiger charge is 2.15. The fourth-order valence-corrected chi connectivity index (χ4v) is 2.80. The van der Waals surface area contributed by atoms with Gasteiger partial charge < -0.3 is 0 Å². The highest BCUT2D eigenvalue weighted by atomic mass is 16.2. The van der Waals surface area contributed by atoms with Gasteiger partial charge >= 0.3 is 0 Å². The number of hydrazine groups is 1. The summed E-state index contributed by atoms with van der Waals surface area (Å²) in [5, 5.41) is 1.82. The number of amides is 2. The molecule has 0 aliphatic rings. The first-order valence-electron chi connectivity index (χ1n) is 8.55. The summed E-state index contributed by atoms with van der Waals surface area (Å²) in [6, 6.07) is 20.5. The molecule has 4 nitrogen and oxygen atoms in total. The van der Waals surface area contributed by atoms with Gasteiger partial charge in [0.25, 0.3) is 11.8 Å². The average molecular weight is 346 g/mol. The van der Waals surface area contributed by atoms with Crippen molar-refractivity contribution in [3.8, 4) is 0 Å². The van der Waals surface area contributed by atoms with E-state index in [1.807, 2.05) is 48.5 Å². The third-order valence-corrected chi connectivity index (χ3v) is 4.34. The van der Waals surface area contributed by atoms with Gasteiger partial charge in [-0.05, 0) is 39.9 Å². The summed E-state index contributed by atoms with van der Waals surface area (Å²) in [6.07, 6.45) is 0. The van der Waals surface area contributed by atoms with Crippen molar-refractivity contribution >= 4 is 22.6 Å². The van der Waals surface area contributed by atoms with E-state index in [1.165, 1.54) is 0 Å². The van der Waals surface area contributed by atoms with E-state index in [2.05, 4.69) is 31.6 Å². The highest BCUT2D eigenvalue weighted by molar-refractivity contribution is 6.07. The second-order valence-electron chi connectivity index (χ2n) is 7.26. The van der Waals surface area contributed by atoms with Gasteiger partial charge in [0.05, 0.1) is 0 Å². The largest absolute Gasteiger partial charge is 0.270 e. The van der Waals surface area contributed by atoms with Crippen molar-refractivity contribution in [3.63, 3.8) is 0 Å². The van der Waals surface area contributed by atoms with E-state index in [-0.39, 0.29) is 17.2 Å². The Morgan fingerprint density at radius 3 is 2.04 bits per heavy atom. The van der Waals surface area contributed by atoms with E-state index in [0.717, 1.165) is 16.3 Å². The molecule has 2 amide bonds. The van der Waals surface area contributed by atoms with Gasteiger partial charge in [-0.15, -0.1) is 0 Å². The fraction of sp³-hybridized carbons (Fsp3) is 0.182. The van der Waals surface area contributed by atoms with Gasteiger partial charge in [0.15, 0.2) is 0 Å². The molecule has 0 unspecified atom stereocenters. The molecule has 0 aromatic heterocycles. The van der Waals surface area contributed by atoms with Crippen LogP contribution in [0.3, 0.4) is 0 Å². The van der Waals surface area contributed by atoms with E-state index in [0.29, 0.717) is 11.1 Å². The third-order valence-electron chi connectivity index (χ3n) is 4.34. The topological polar surface area (TPSA) is 58.2 Å². The number of hydrogen-bond acceptors (Lipinski definition) is 2. The Morgan fingerprint density at radius 2 is 1.35 bits per heavy atom. The van der Waals surface area contributed by atoms with Crippen molar-refractivity contribution < 1.29 is 9.59 Å². The summed E-state index contributed by atoms with van der Waals surface area (Å²) in [6.45, 7) is 6.35. The summed E-state index contributed by atoms with van der Waals surface area (Å²) in [5.41, 5.74) is 7.17. The van der Waals surface area contributed by atoms with Crippen LogP contribution in [0.25, 0.3) is 10.8 Å². The molecule has 0 aliphatic carbocycles. The van der Waals surface area contributed by atoms with Gasteiger partial charge in [0, 0.05) is 11.1 Å². The Kier molecular flexibility index (Phi) is 4.76. The van der Waals surface area contributed by atoms with E-state index in [9.17, 15) is 9.59 Å². The van der Waals surface area contributed by atoms with E-state index in [4.69, 9.17) is 0 Å². The molecule has 0 saturated heterocycles. The van der Waals surface area contributed by atoms with E-state index in [1.54, 1.807) is 18.2 Å². The maximum atomic E-state index is 12.5. The molecule has 0 atom stereocenters.